The predicted octanol–water partition coefficient (Wildman–Crippen LogP) is 4.93. The van der Waals surface area contributed by atoms with Crippen molar-refractivity contribution >= 4 is 23.8 Å². The number of aromatic nitrogens is 1. The lowest BCUT2D eigenvalue weighted by atomic mass is 9.81. The van der Waals surface area contributed by atoms with Crippen LogP contribution in [0.2, 0.25) is 5.02 Å². The van der Waals surface area contributed by atoms with Gasteiger partial charge in [0.25, 0.3) is 0 Å². The van der Waals surface area contributed by atoms with Crippen molar-refractivity contribution in [2.75, 3.05) is 13.1 Å². The molecule has 2 aromatic carbocycles. The molecule has 0 spiro atoms. The molecule has 4 nitrogen and oxygen atoms in total. The molecule has 29 heavy (non-hydrogen) atoms. The molecule has 1 aromatic heterocycles. The van der Waals surface area contributed by atoms with Gasteiger partial charge in [0.1, 0.15) is 11.7 Å². The topological polar surface area (TPSA) is 40.9 Å². The first-order valence-electron chi connectivity index (χ1n) is 9.52. The number of halogens is 2. The molecule has 6 heteroatoms. The Bertz CT molecular complexity index is 1130. The molecule has 144 valence electrons. The molecule has 0 amide bonds. The van der Waals surface area contributed by atoms with Gasteiger partial charge in [-0.25, -0.2) is 4.39 Å². The number of hydrogen-bond donors (Lipinski definition) is 0. The van der Waals surface area contributed by atoms with Crippen molar-refractivity contribution in [3.63, 3.8) is 0 Å². The van der Waals surface area contributed by atoms with E-state index in [0.29, 0.717) is 10.6 Å². The van der Waals surface area contributed by atoms with Crippen LogP contribution in [0.3, 0.4) is 0 Å². The fourth-order valence-corrected chi connectivity index (χ4v) is 4.24. The zero-order chi connectivity index (χ0) is 19.8. The largest absolute Gasteiger partial charge is 0.319 e. The minimum atomic E-state index is -0.769. The minimum Gasteiger partial charge on any atom is -0.319 e. The monoisotopic (exact) mass is 404 g/mol. The van der Waals surface area contributed by atoms with Crippen molar-refractivity contribution in [2.24, 2.45) is 9.98 Å². The first-order chi connectivity index (χ1) is 14.2. The molecular weight excluding hydrogens is 387 g/mol. The highest BCUT2D eigenvalue weighted by atomic mass is 35.5. The average Bonchev–Trinajstić information content (AvgIpc) is 3.17. The van der Waals surface area contributed by atoms with Crippen molar-refractivity contribution in [2.45, 2.75) is 12.0 Å². The smallest absolute Gasteiger partial charge is 0.170 e. The highest BCUT2D eigenvalue weighted by Gasteiger charge is 2.46. The van der Waals surface area contributed by atoms with E-state index >= 15 is 0 Å². The summed E-state index contributed by atoms with van der Waals surface area (Å²) in [6.07, 6.45) is 6.39. The van der Waals surface area contributed by atoms with Gasteiger partial charge in [-0.15, -0.1) is 0 Å². The van der Waals surface area contributed by atoms with Gasteiger partial charge in [0.15, 0.2) is 5.54 Å². The van der Waals surface area contributed by atoms with Gasteiger partial charge in [-0.3, -0.25) is 15.0 Å². The standard InChI is InChI=1S/C23H18ClFN4/c24-19-5-6-21(25)20(14-19)16-3-1-4-18(13-16)23(17-7-10-26-11-8-17)22-27-9-2-12-29(22)15-28-23/h1,3-8,10-11,13-15H,2,9,12H2. The van der Waals surface area contributed by atoms with Gasteiger partial charge in [-0.05, 0) is 59.5 Å². The molecule has 0 radical (unpaired) electrons. The maximum atomic E-state index is 14.5. The maximum Gasteiger partial charge on any atom is 0.170 e. The molecule has 1 atom stereocenters. The number of aliphatic imine (C=N–C) groups is 2. The van der Waals surface area contributed by atoms with Crippen LogP contribution in [0.15, 0.2) is 77.0 Å². The second-order valence-electron chi connectivity index (χ2n) is 7.15. The normalized spacial score (nSPS) is 20.5. The molecule has 1 unspecified atom stereocenters. The summed E-state index contributed by atoms with van der Waals surface area (Å²) in [6, 6.07) is 16.3. The van der Waals surface area contributed by atoms with E-state index in [1.165, 1.54) is 6.07 Å². The maximum absolute atomic E-state index is 14.5. The third-order valence-corrected chi connectivity index (χ3v) is 5.66. The van der Waals surface area contributed by atoms with Crippen LogP contribution in [0.5, 0.6) is 0 Å². The van der Waals surface area contributed by atoms with Gasteiger partial charge in [-0.2, -0.15) is 0 Å². The quantitative estimate of drug-likeness (QED) is 0.621. The van der Waals surface area contributed by atoms with E-state index in [1.54, 1.807) is 24.5 Å². The van der Waals surface area contributed by atoms with E-state index in [2.05, 4.69) is 9.88 Å². The number of fused-ring (bicyclic) bond motifs is 1. The van der Waals surface area contributed by atoms with Crippen molar-refractivity contribution in [1.82, 2.24) is 9.88 Å². The van der Waals surface area contributed by atoms with E-state index in [4.69, 9.17) is 21.6 Å². The zero-order valence-electron chi connectivity index (χ0n) is 15.6. The lowest BCUT2D eigenvalue weighted by molar-refractivity contribution is 0.541. The fourth-order valence-electron chi connectivity index (χ4n) is 4.07. The Morgan fingerprint density at radius 2 is 1.86 bits per heavy atom. The summed E-state index contributed by atoms with van der Waals surface area (Å²) >= 11 is 6.13. The lowest BCUT2D eigenvalue weighted by Crippen LogP contribution is -2.43. The number of rotatable bonds is 3. The number of hydrogen-bond acceptors (Lipinski definition) is 4. The van der Waals surface area contributed by atoms with Crippen LogP contribution < -0.4 is 0 Å². The van der Waals surface area contributed by atoms with Crippen LogP contribution in [0, 0.1) is 5.82 Å². The zero-order valence-corrected chi connectivity index (χ0v) is 16.4. The number of nitrogens with zero attached hydrogens (tertiary/aromatic N) is 4. The molecule has 0 saturated heterocycles. The molecule has 0 saturated carbocycles. The third-order valence-electron chi connectivity index (χ3n) is 5.42. The summed E-state index contributed by atoms with van der Waals surface area (Å²) < 4.78 is 14.5. The van der Waals surface area contributed by atoms with E-state index < -0.39 is 5.54 Å². The van der Waals surface area contributed by atoms with Crippen molar-refractivity contribution in [3.05, 3.63) is 89.0 Å². The molecule has 5 rings (SSSR count). The Morgan fingerprint density at radius 3 is 2.72 bits per heavy atom. The summed E-state index contributed by atoms with van der Waals surface area (Å²) in [7, 11) is 0. The number of amidine groups is 1. The second kappa shape index (κ2) is 7.08. The van der Waals surface area contributed by atoms with Gasteiger partial charge in [0, 0.05) is 36.1 Å². The Hall–Kier alpha value is -3.05. The van der Waals surface area contributed by atoms with E-state index in [-0.39, 0.29) is 5.82 Å². The van der Waals surface area contributed by atoms with Crippen molar-refractivity contribution in [3.8, 4) is 11.1 Å². The minimum absolute atomic E-state index is 0.309. The van der Waals surface area contributed by atoms with E-state index in [1.807, 2.05) is 42.7 Å². The Balaban J connectivity index is 1.72. The molecule has 3 heterocycles. The number of pyridine rings is 1. The third kappa shape index (κ3) is 2.93. The molecule has 0 aliphatic carbocycles. The SMILES string of the molecule is Fc1ccc(Cl)cc1-c1cccc(C2(c3ccncc3)N=CN3CCCN=C32)c1. The van der Waals surface area contributed by atoms with Crippen molar-refractivity contribution in [1.29, 1.82) is 0 Å². The second-order valence-corrected chi connectivity index (χ2v) is 7.58. The summed E-state index contributed by atoms with van der Waals surface area (Å²) in [5, 5.41) is 0.498. The molecule has 0 bridgehead atoms. The number of benzene rings is 2. The van der Waals surface area contributed by atoms with Crippen LogP contribution in [0.4, 0.5) is 4.39 Å². The Labute approximate surface area is 173 Å². The van der Waals surface area contributed by atoms with Crippen LogP contribution >= 0.6 is 11.6 Å². The summed E-state index contributed by atoms with van der Waals surface area (Å²) in [6.45, 7) is 1.66. The summed E-state index contributed by atoms with van der Waals surface area (Å²) in [5.41, 5.74) is 2.36. The lowest BCUT2D eigenvalue weighted by Gasteiger charge is -2.33. The summed E-state index contributed by atoms with van der Waals surface area (Å²) in [4.78, 5) is 16.1. The highest BCUT2D eigenvalue weighted by molar-refractivity contribution is 6.30. The molecule has 2 aliphatic heterocycles. The van der Waals surface area contributed by atoms with Crippen LogP contribution in [-0.2, 0) is 5.54 Å². The van der Waals surface area contributed by atoms with Crippen LogP contribution in [0.25, 0.3) is 11.1 Å². The fraction of sp³-hybridized carbons (Fsp3) is 0.174. The first-order valence-corrected chi connectivity index (χ1v) is 9.90. The van der Waals surface area contributed by atoms with E-state index in [9.17, 15) is 4.39 Å². The predicted molar refractivity (Wildman–Crippen MR) is 114 cm³/mol. The molecule has 0 N–H and O–H groups in total. The molecule has 3 aromatic rings. The highest BCUT2D eigenvalue weighted by Crippen LogP contribution is 2.41. The van der Waals surface area contributed by atoms with Gasteiger partial charge < -0.3 is 4.90 Å². The molecular formula is C23H18ClFN4. The van der Waals surface area contributed by atoms with Gasteiger partial charge in [0.2, 0.25) is 0 Å². The average molecular weight is 405 g/mol. The van der Waals surface area contributed by atoms with Gasteiger partial charge in [-0.1, -0.05) is 29.8 Å². The van der Waals surface area contributed by atoms with Crippen LogP contribution in [0.1, 0.15) is 17.5 Å². The molecule has 0 fully saturated rings. The van der Waals surface area contributed by atoms with Crippen molar-refractivity contribution < 1.29 is 4.39 Å². The van der Waals surface area contributed by atoms with E-state index in [0.717, 1.165) is 42.0 Å². The molecule has 2 aliphatic rings. The van der Waals surface area contributed by atoms with Gasteiger partial charge in [0.05, 0.1) is 6.34 Å². The van der Waals surface area contributed by atoms with Gasteiger partial charge >= 0.3 is 0 Å². The first kappa shape index (κ1) is 18.0. The van der Waals surface area contributed by atoms with Crippen LogP contribution in [-0.4, -0.2) is 35.1 Å². The Kier molecular flexibility index (Phi) is 4.40. The Morgan fingerprint density at radius 1 is 1.00 bits per heavy atom. The summed E-state index contributed by atoms with van der Waals surface area (Å²) in [5.74, 6) is 0.592.